The molecule has 7 N–H and O–H groups in total. The Kier molecular flexibility index (Phi) is 22.8. The lowest BCUT2D eigenvalue weighted by atomic mass is 10.0. The molecule has 3 aromatic carbocycles. The molecule has 1 aliphatic carbocycles. The van der Waals surface area contributed by atoms with Gasteiger partial charge in [0.25, 0.3) is 17.7 Å². The molecule has 6 aromatic heterocycles. The second kappa shape index (κ2) is 30.4. The van der Waals surface area contributed by atoms with Crippen LogP contribution in [0.2, 0.25) is 0 Å². The maximum Gasteiger partial charge on any atom is 0.277 e. The van der Waals surface area contributed by atoms with Crippen LogP contribution in [-0.4, -0.2) is 131 Å². The number of aromatic nitrogens is 6. The van der Waals surface area contributed by atoms with E-state index in [-0.39, 0.29) is 49.4 Å². The zero-order valence-corrected chi connectivity index (χ0v) is 50.4. The topological polar surface area (TPSA) is 249 Å². The summed E-state index contributed by atoms with van der Waals surface area (Å²) in [6, 6.07) is 25.8. The molecule has 0 saturated heterocycles. The molecule has 10 rings (SSSR count). The lowest BCUT2D eigenvalue weighted by molar-refractivity contribution is -0.0296. The van der Waals surface area contributed by atoms with Crippen LogP contribution in [0.3, 0.4) is 0 Å². The average molecular weight is 1240 g/mol. The van der Waals surface area contributed by atoms with E-state index in [1.807, 2.05) is 54.6 Å². The van der Waals surface area contributed by atoms with E-state index in [1.54, 1.807) is 90.4 Å². The number of carbonyl (C=O) groups is 3. The smallest absolute Gasteiger partial charge is 0.277 e. The predicted octanol–water partition coefficient (Wildman–Crippen LogP) is 8.18. The van der Waals surface area contributed by atoms with Gasteiger partial charge in [0.1, 0.15) is 59.8 Å². The Labute approximate surface area is 506 Å². The standard InChI is InChI=1S/C21H22FN3O2S.2C20H22FN3O4S/c1-25-18(10-14-7-8-15(28-2)11-17(14)22)19(16-4-3-9-23-20(16)25)21(26)24-27-12-13-5-6-13;2*1-24-17(8-12-5-6-14(29-2)9-16(12)21)18(15-4-3-7-22-19(15)24)20(27)23-28-11-13(26)10-25/h3-4,7-9,11,13H,5-6,10,12H2,1-2H3,(H,24,26);2*3-7,9,13,25-26H,8,10-11H2,1-2H3,(H,23,27)/t;2*13-/m.10/s1. The van der Waals surface area contributed by atoms with Crippen molar-refractivity contribution in [1.82, 2.24) is 45.1 Å². The number of aryl methyl sites for hydroxylation is 3. The molecule has 1 aliphatic rings. The van der Waals surface area contributed by atoms with Crippen LogP contribution in [0, 0.1) is 23.4 Å². The van der Waals surface area contributed by atoms with Gasteiger partial charge < -0.3 is 34.1 Å². The number of hydrogen-bond acceptors (Lipinski definition) is 16. The number of aliphatic hydroxyl groups is 4. The molecule has 454 valence electrons. The van der Waals surface area contributed by atoms with Crippen molar-refractivity contribution in [2.45, 2.75) is 59.0 Å². The Balaban J connectivity index is 0.000000168. The fourth-order valence-electron chi connectivity index (χ4n) is 9.42. The number of rotatable bonds is 23. The monoisotopic (exact) mass is 1240 g/mol. The fraction of sp³-hybridized carbons (Fsp3) is 0.311. The normalized spacial score (nSPS) is 12.8. The number of halogens is 3. The molecular formula is C61H66F3N9O10S3. The Hall–Kier alpha value is -7.30. The molecule has 2 atom stereocenters. The molecule has 0 bridgehead atoms. The molecular weight excluding hydrogens is 1170 g/mol. The van der Waals surface area contributed by atoms with Crippen molar-refractivity contribution in [3.05, 3.63) is 178 Å². The minimum Gasteiger partial charge on any atom is -0.394 e. The number of pyridine rings is 3. The number of hydrogen-bond donors (Lipinski definition) is 7. The van der Waals surface area contributed by atoms with E-state index in [4.69, 9.17) is 24.7 Å². The molecule has 9 aromatic rings. The third-order valence-corrected chi connectivity index (χ3v) is 16.4. The van der Waals surface area contributed by atoms with Crippen LogP contribution in [0.1, 0.15) is 77.7 Å². The molecule has 25 heteroatoms. The van der Waals surface area contributed by atoms with E-state index in [0.29, 0.717) is 97.1 Å². The molecule has 0 unspecified atom stereocenters. The first-order chi connectivity index (χ1) is 41.5. The van der Waals surface area contributed by atoms with Gasteiger partial charge in [0, 0.05) is 107 Å². The predicted molar refractivity (Wildman–Crippen MR) is 324 cm³/mol. The van der Waals surface area contributed by atoms with Gasteiger partial charge in [-0.25, -0.2) is 44.6 Å². The van der Waals surface area contributed by atoms with Gasteiger partial charge in [0.05, 0.1) is 36.5 Å². The van der Waals surface area contributed by atoms with E-state index < -0.39 is 37.2 Å². The highest BCUT2D eigenvalue weighted by Gasteiger charge is 2.28. The third-order valence-electron chi connectivity index (χ3n) is 14.2. The van der Waals surface area contributed by atoms with Crippen molar-refractivity contribution >= 4 is 86.1 Å². The fourth-order valence-corrected chi connectivity index (χ4v) is 10.7. The molecule has 0 aliphatic heterocycles. The van der Waals surface area contributed by atoms with Gasteiger partial charge in [-0.3, -0.25) is 28.9 Å². The highest BCUT2D eigenvalue weighted by atomic mass is 32.2. The Morgan fingerprint density at radius 3 is 1.13 bits per heavy atom. The summed E-state index contributed by atoms with van der Waals surface area (Å²) in [5.41, 5.74) is 13.4. The highest BCUT2D eigenvalue weighted by molar-refractivity contribution is 7.99. The first-order valence-corrected chi connectivity index (χ1v) is 30.8. The van der Waals surface area contributed by atoms with Crippen molar-refractivity contribution in [2.24, 2.45) is 27.1 Å². The first kappa shape index (κ1) is 64.7. The number of nitrogens with one attached hydrogen (secondary N) is 3. The molecule has 1 fully saturated rings. The number of fused-ring (bicyclic) bond motifs is 3. The van der Waals surface area contributed by atoms with E-state index >= 15 is 0 Å². The van der Waals surface area contributed by atoms with Crippen molar-refractivity contribution < 1.29 is 62.5 Å². The second-order valence-electron chi connectivity index (χ2n) is 20.0. The van der Waals surface area contributed by atoms with E-state index in [2.05, 4.69) is 31.4 Å². The summed E-state index contributed by atoms with van der Waals surface area (Å²) >= 11 is 4.40. The van der Waals surface area contributed by atoms with Crippen LogP contribution in [0.5, 0.6) is 0 Å². The van der Waals surface area contributed by atoms with Gasteiger partial charge in [0.2, 0.25) is 0 Å². The number of nitrogens with zero attached hydrogens (tertiary/aromatic N) is 6. The molecule has 86 heavy (non-hydrogen) atoms. The van der Waals surface area contributed by atoms with Crippen LogP contribution in [0.4, 0.5) is 13.2 Å². The maximum absolute atomic E-state index is 14.6. The van der Waals surface area contributed by atoms with E-state index in [1.165, 1.54) is 53.5 Å². The zero-order chi connectivity index (χ0) is 61.6. The van der Waals surface area contributed by atoms with Crippen molar-refractivity contribution in [3.63, 3.8) is 0 Å². The molecule has 19 nitrogen and oxygen atoms in total. The van der Waals surface area contributed by atoms with Gasteiger partial charge >= 0.3 is 0 Å². The van der Waals surface area contributed by atoms with Gasteiger partial charge in [0.15, 0.2) is 0 Å². The summed E-state index contributed by atoms with van der Waals surface area (Å²) in [4.78, 5) is 69.5. The summed E-state index contributed by atoms with van der Waals surface area (Å²) in [5.74, 6) is -1.82. The van der Waals surface area contributed by atoms with Crippen LogP contribution in [0.25, 0.3) is 33.1 Å². The highest BCUT2D eigenvalue weighted by Crippen LogP contribution is 2.32. The van der Waals surface area contributed by atoms with Crippen LogP contribution in [0.15, 0.2) is 124 Å². The first-order valence-electron chi connectivity index (χ1n) is 27.1. The number of amides is 3. The van der Waals surface area contributed by atoms with Gasteiger partial charge in [-0.2, -0.15) is 0 Å². The molecule has 3 amide bonds. The van der Waals surface area contributed by atoms with Gasteiger partial charge in [-0.05, 0) is 127 Å². The van der Waals surface area contributed by atoms with Crippen LogP contribution in [-0.2, 0) is 54.9 Å². The van der Waals surface area contributed by atoms with Crippen molar-refractivity contribution in [1.29, 1.82) is 0 Å². The number of carbonyl (C=O) groups excluding carboxylic acids is 3. The lowest BCUT2D eigenvalue weighted by Crippen LogP contribution is -2.30. The molecule has 6 heterocycles. The largest absolute Gasteiger partial charge is 0.394 e. The van der Waals surface area contributed by atoms with E-state index in [9.17, 15) is 37.8 Å². The van der Waals surface area contributed by atoms with Crippen molar-refractivity contribution in [2.75, 3.05) is 51.8 Å². The number of thioether (sulfide) groups is 3. The summed E-state index contributed by atoms with van der Waals surface area (Å²) in [6.45, 7) is -0.957. The lowest BCUT2D eigenvalue weighted by Gasteiger charge is -2.11. The van der Waals surface area contributed by atoms with Crippen LogP contribution >= 0.6 is 35.3 Å². The summed E-state index contributed by atoms with van der Waals surface area (Å²) in [7, 11) is 5.39. The zero-order valence-electron chi connectivity index (χ0n) is 48.0. The molecule has 0 radical (unpaired) electrons. The Bertz CT molecular complexity index is 3700. The SMILES string of the molecule is CSc1ccc(Cc2c(C(=O)NOCC3CC3)c3cccnc3n2C)c(F)c1.CSc1ccc(Cc2c(C(=O)NOC[C@@H](O)CO)c3cccnc3n2C)c(F)c1.CSc1ccc(Cc2c(C(=O)NOC[C@H](O)CO)c3cccnc3n2C)c(F)c1. The van der Waals surface area contributed by atoms with Gasteiger partial charge in [-0.1, -0.05) is 18.2 Å². The summed E-state index contributed by atoms with van der Waals surface area (Å²) < 4.78 is 49.1. The number of benzene rings is 3. The van der Waals surface area contributed by atoms with Crippen LogP contribution < -0.4 is 16.4 Å². The number of aliphatic hydroxyl groups excluding tert-OH is 4. The minimum absolute atomic E-state index is 0.190. The van der Waals surface area contributed by atoms with E-state index in [0.717, 1.165) is 32.9 Å². The molecule has 0 spiro atoms. The van der Waals surface area contributed by atoms with Gasteiger partial charge in [-0.15, -0.1) is 35.3 Å². The molecule has 1 saturated carbocycles. The quantitative estimate of drug-likeness (QED) is 0.0236. The summed E-state index contributed by atoms with van der Waals surface area (Å²) in [5, 5.41) is 38.3. The Morgan fingerprint density at radius 2 is 0.849 bits per heavy atom. The maximum atomic E-state index is 14.6. The minimum atomic E-state index is -1.10. The van der Waals surface area contributed by atoms with Crippen molar-refractivity contribution in [3.8, 4) is 0 Å². The average Bonchev–Trinajstić information content (AvgIpc) is 2.35. The third kappa shape index (κ3) is 15.6. The Morgan fingerprint density at radius 1 is 0.535 bits per heavy atom. The second-order valence-corrected chi connectivity index (χ2v) is 22.6. The summed E-state index contributed by atoms with van der Waals surface area (Å²) in [6.07, 6.45) is 11.3. The number of hydroxylamine groups is 3.